The first-order chi connectivity index (χ1) is 13.6. The maximum absolute atomic E-state index is 12.6. The van der Waals surface area contributed by atoms with Crippen molar-refractivity contribution >= 4 is 29.9 Å². The number of aromatic amines is 1. The number of halogens is 1. The van der Waals surface area contributed by atoms with Crippen LogP contribution in [0.1, 0.15) is 27.3 Å². The predicted octanol–water partition coefficient (Wildman–Crippen LogP) is 1.05. The minimum Gasteiger partial charge on any atom is -0.340 e. The molecule has 0 bridgehead atoms. The van der Waals surface area contributed by atoms with Gasteiger partial charge in [-0.3, -0.25) is 14.7 Å². The van der Waals surface area contributed by atoms with Crippen molar-refractivity contribution in [2.45, 2.75) is 19.4 Å². The second-order valence-corrected chi connectivity index (χ2v) is 7.47. The van der Waals surface area contributed by atoms with Crippen molar-refractivity contribution in [3.63, 3.8) is 0 Å². The summed E-state index contributed by atoms with van der Waals surface area (Å²) in [5, 5.41) is 13.3. The molecule has 156 valence electrons. The van der Waals surface area contributed by atoms with Crippen LogP contribution in [-0.4, -0.2) is 71.6 Å². The Kier molecular flexibility index (Phi) is 6.89. The van der Waals surface area contributed by atoms with Crippen molar-refractivity contribution in [1.29, 1.82) is 0 Å². The van der Waals surface area contributed by atoms with Gasteiger partial charge in [-0.15, -0.1) is 12.4 Å². The van der Waals surface area contributed by atoms with Crippen LogP contribution in [0.2, 0.25) is 0 Å². The van der Waals surface area contributed by atoms with Crippen LogP contribution >= 0.6 is 12.4 Å². The average Bonchev–Trinajstić information content (AvgIpc) is 3.14. The fourth-order valence-corrected chi connectivity index (χ4v) is 3.65. The van der Waals surface area contributed by atoms with Crippen LogP contribution in [0.4, 0.5) is 5.69 Å². The minimum absolute atomic E-state index is 0. The quantitative estimate of drug-likeness (QED) is 0.690. The highest BCUT2D eigenvalue weighted by Crippen LogP contribution is 2.18. The SMILES string of the molecule is CN1CCN(C(=O)Cc2ccc(NC(=O)c3n[nH]c4c3CNCC4)cc2)CC1.Cl. The van der Waals surface area contributed by atoms with E-state index in [2.05, 4.69) is 32.8 Å². The van der Waals surface area contributed by atoms with Gasteiger partial charge in [-0.2, -0.15) is 5.10 Å². The highest BCUT2D eigenvalue weighted by atomic mass is 35.5. The van der Waals surface area contributed by atoms with Gasteiger partial charge in [-0.05, 0) is 24.7 Å². The molecule has 0 aliphatic carbocycles. The number of rotatable bonds is 4. The van der Waals surface area contributed by atoms with Crippen molar-refractivity contribution in [2.24, 2.45) is 0 Å². The Hall–Kier alpha value is -2.42. The third kappa shape index (κ3) is 4.95. The average molecular weight is 419 g/mol. The lowest BCUT2D eigenvalue weighted by molar-refractivity contribution is -0.132. The van der Waals surface area contributed by atoms with E-state index in [0.717, 1.165) is 56.0 Å². The zero-order valence-corrected chi connectivity index (χ0v) is 17.3. The molecule has 0 spiro atoms. The Morgan fingerprint density at radius 1 is 1.14 bits per heavy atom. The van der Waals surface area contributed by atoms with Crippen LogP contribution in [-0.2, 0) is 24.2 Å². The van der Waals surface area contributed by atoms with Crippen LogP contribution in [0, 0.1) is 0 Å². The zero-order chi connectivity index (χ0) is 19.5. The number of carbonyl (C=O) groups is 2. The van der Waals surface area contributed by atoms with E-state index < -0.39 is 0 Å². The van der Waals surface area contributed by atoms with Crippen LogP contribution < -0.4 is 10.6 Å². The van der Waals surface area contributed by atoms with Crippen molar-refractivity contribution in [2.75, 3.05) is 45.1 Å². The summed E-state index contributed by atoms with van der Waals surface area (Å²) in [4.78, 5) is 29.2. The van der Waals surface area contributed by atoms with Crippen molar-refractivity contribution in [3.05, 3.63) is 46.8 Å². The number of H-pyrrole nitrogens is 1. The number of piperazine rings is 1. The topological polar surface area (TPSA) is 93.4 Å². The van der Waals surface area contributed by atoms with Crippen LogP contribution in [0.3, 0.4) is 0 Å². The molecule has 1 aromatic heterocycles. The lowest BCUT2D eigenvalue weighted by Gasteiger charge is -2.32. The summed E-state index contributed by atoms with van der Waals surface area (Å²) in [6.45, 7) is 4.96. The summed E-state index contributed by atoms with van der Waals surface area (Å²) in [5.74, 6) is -0.0667. The summed E-state index contributed by atoms with van der Waals surface area (Å²) >= 11 is 0. The Labute approximate surface area is 176 Å². The molecule has 2 amide bonds. The fourth-order valence-electron chi connectivity index (χ4n) is 3.65. The van der Waals surface area contributed by atoms with Gasteiger partial charge in [0.05, 0.1) is 6.42 Å². The summed E-state index contributed by atoms with van der Waals surface area (Å²) in [6.07, 6.45) is 1.24. The maximum atomic E-state index is 12.6. The molecule has 1 fully saturated rings. The molecular formula is C20H27ClN6O2. The largest absolute Gasteiger partial charge is 0.340 e. The molecule has 4 rings (SSSR count). The number of aromatic nitrogens is 2. The number of benzene rings is 1. The molecule has 2 aliphatic rings. The van der Waals surface area contributed by atoms with Crippen molar-refractivity contribution in [3.8, 4) is 0 Å². The monoisotopic (exact) mass is 418 g/mol. The normalized spacial score (nSPS) is 16.7. The Bertz CT molecular complexity index is 858. The summed E-state index contributed by atoms with van der Waals surface area (Å²) in [5.41, 5.74) is 4.06. The van der Waals surface area contributed by atoms with E-state index in [1.54, 1.807) is 0 Å². The highest BCUT2D eigenvalue weighted by molar-refractivity contribution is 6.04. The van der Waals surface area contributed by atoms with Gasteiger partial charge in [0.1, 0.15) is 0 Å². The van der Waals surface area contributed by atoms with E-state index in [-0.39, 0.29) is 24.2 Å². The number of carbonyl (C=O) groups excluding carboxylic acids is 2. The van der Waals surface area contributed by atoms with E-state index in [1.165, 1.54) is 0 Å². The zero-order valence-electron chi connectivity index (χ0n) is 16.5. The molecule has 0 saturated carbocycles. The van der Waals surface area contributed by atoms with E-state index in [4.69, 9.17) is 0 Å². The number of hydrogen-bond acceptors (Lipinski definition) is 5. The van der Waals surface area contributed by atoms with Crippen LogP contribution in [0.5, 0.6) is 0 Å². The first kappa shape index (κ1) is 21.3. The standard InChI is InChI=1S/C20H26N6O2.ClH/c1-25-8-10-26(11-9-25)18(27)12-14-2-4-15(5-3-14)22-20(28)19-16-13-21-7-6-17(16)23-24-19;/h2-5,21H,6-13H2,1H3,(H,22,28)(H,23,24);1H. The van der Waals surface area contributed by atoms with E-state index in [0.29, 0.717) is 24.3 Å². The minimum atomic E-state index is -0.220. The molecule has 8 nitrogen and oxygen atoms in total. The Balaban J connectivity index is 0.00000240. The van der Waals surface area contributed by atoms with Gasteiger partial charge in [0.2, 0.25) is 5.91 Å². The Morgan fingerprint density at radius 2 is 1.86 bits per heavy atom. The molecule has 3 heterocycles. The number of hydrogen-bond donors (Lipinski definition) is 3. The van der Waals surface area contributed by atoms with E-state index in [1.807, 2.05) is 29.2 Å². The van der Waals surface area contributed by atoms with E-state index in [9.17, 15) is 9.59 Å². The highest BCUT2D eigenvalue weighted by Gasteiger charge is 2.22. The molecule has 0 unspecified atom stereocenters. The Morgan fingerprint density at radius 3 is 2.59 bits per heavy atom. The molecule has 29 heavy (non-hydrogen) atoms. The molecule has 3 N–H and O–H groups in total. The molecule has 0 radical (unpaired) electrons. The number of likely N-dealkylation sites (N-methyl/N-ethyl adjacent to an activating group) is 1. The molecule has 2 aliphatic heterocycles. The molecule has 1 aromatic carbocycles. The molecule has 2 aromatic rings. The summed E-state index contributed by atoms with van der Waals surface area (Å²) < 4.78 is 0. The predicted molar refractivity (Wildman–Crippen MR) is 113 cm³/mol. The third-order valence-corrected chi connectivity index (χ3v) is 5.44. The molecule has 1 saturated heterocycles. The first-order valence-corrected chi connectivity index (χ1v) is 9.73. The number of amides is 2. The van der Waals surface area contributed by atoms with Gasteiger partial charge < -0.3 is 20.4 Å². The van der Waals surface area contributed by atoms with Crippen molar-refractivity contribution < 1.29 is 9.59 Å². The van der Waals surface area contributed by atoms with E-state index >= 15 is 0 Å². The van der Waals surface area contributed by atoms with Gasteiger partial charge in [-0.25, -0.2) is 0 Å². The second kappa shape index (κ2) is 9.39. The lowest BCUT2D eigenvalue weighted by atomic mass is 10.1. The number of nitrogens with one attached hydrogen (secondary N) is 3. The molecule has 9 heteroatoms. The number of anilines is 1. The summed E-state index contributed by atoms with van der Waals surface area (Å²) in [6, 6.07) is 7.46. The smallest absolute Gasteiger partial charge is 0.276 e. The van der Waals surface area contributed by atoms with Gasteiger partial charge in [0, 0.05) is 62.6 Å². The maximum Gasteiger partial charge on any atom is 0.276 e. The lowest BCUT2D eigenvalue weighted by Crippen LogP contribution is -2.47. The number of nitrogens with zero attached hydrogens (tertiary/aromatic N) is 3. The van der Waals surface area contributed by atoms with Crippen molar-refractivity contribution in [1.82, 2.24) is 25.3 Å². The third-order valence-electron chi connectivity index (χ3n) is 5.44. The first-order valence-electron chi connectivity index (χ1n) is 9.73. The van der Waals surface area contributed by atoms with Gasteiger partial charge in [0.15, 0.2) is 5.69 Å². The van der Waals surface area contributed by atoms with Gasteiger partial charge >= 0.3 is 0 Å². The summed E-state index contributed by atoms with van der Waals surface area (Å²) in [7, 11) is 2.07. The van der Waals surface area contributed by atoms with Gasteiger partial charge in [-0.1, -0.05) is 12.1 Å². The van der Waals surface area contributed by atoms with Gasteiger partial charge in [0.25, 0.3) is 5.91 Å². The second-order valence-electron chi connectivity index (χ2n) is 7.47. The molecular weight excluding hydrogens is 392 g/mol. The van der Waals surface area contributed by atoms with Crippen LogP contribution in [0.25, 0.3) is 0 Å². The number of fused-ring (bicyclic) bond motifs is 1. The molecule has 0 atom stereocenters. The fraction of sp³-hybridized carbons (Fsp3) is 0.450. The van der Waals surface area contributed by atoms with Crippen LogP contribution in [0.15, 0.2) is 24.3 Å².